The molecule has 0 aliphatic carbocycles. The molecule has 2 aromatic carbocycles. The Morgan fingerprint density at radius 2 is 1.61 bits per heavy atom. The van der Waals surface area contributed by atoms with Crippen LogP contribution in [0.4, 0.5) is 11.4 Å². The van der Waals surface area contributed by atoms with Crippen molar-refractivity contribution < 1.29 is 17.9 Å². The third-order valence-corrected chi connectivity index (χ3v) is 7.26. The zero-order valence-corrected chi connectivity index (χ0v) is 19.1. The van der Waals surface area contributed by atoms with Crippen LogP contribution in [0.1, 0.15) is 6.42 Å². The van der Waals surface area contributed by atoms with Crippen molar-refractivity contribution in [2.45, 2.75) is 11.3 Å². The average Bonchev–Trinajstić information content (AvgIpc) is 2.78. The average molecular weight is 447 g/mol. The molecule has 168 valence electrons. The Labute approximate surface area is 184 Å². The molecule has 9 heteroatoms. The van der Waals surface area contributed by atoms with Gasteiger partial charge in [0, 0.05) is 64.6 Å². The fraction of sp³-hybridized carbons (Fsp3) is 0.409. The second-order valence-electron chi connectivity index (χ2n) is 7.66. The van der Waals surface area contributed by atoms with E-state index in [2.05, 4.69) is 10.2 Å². The van der Waals surface area contributed by atoms with Crippen molar-refractivity contribution in [3.63, 3.8) is 0 Å². The lowest BCUT2D eigenvalue weighted by atomic mass is 10.2. The molecule has 0 bridgehead atoms. The monoisotopic (exact) mass is 446 g/mol. The van der Waals surface area contributed by atoms with Crippen molar-refractivity contribution >= 4 is 27.3 Å². The number of carbonyl (C=O) groups is 1. The number of hydrogen-bond acceptors (Lipinski definition) is 6. The minimum atomic E-state index is -3.52. The topological polar surface area (TPSA) is 82.2 Å². The fourth-order valence-electron chi connectivity index (χ4n) is 3.42. The van der Waals surface area contributed by atoms with Crippen LogP contribution in [0.25, 0.3) is 0 Å². The number of hydrogen-bond donors (Lipinski definition) is 1. The van der Waals surface area contributed by atoms with Crippen LogP contribution in [-0.2, 0) is 14.8 Å². The minimum Gasteiger partial charge on any atom is -0.497 e. The van der Waals surface area contributed by atoms with E-state index in [0.717, 1.165) is 11.4 Å². The highest BCUT2D eigenvalue weighted by Crippen LogP contribution is 2.21. The van der Waals surface area contributed by atoms with E-state index in [4.69, 9.17) is 4.74 Å². The molecule has 0 radical (unpaired) electrons. The maximum Gasteiger partial charge on any atom is 0.243 e. The molecule has 1 aliphatic rings. The molecule has 0 atom stereocenters. The molecule has 0 unspecified atom stereocenters. The predicted molar refractivity (Wildman–Crippen MR) is 122 cm³/mol. The number of carbonyl (C=O) groups excluding carboxylic acids is 1. The van der Waals surface area contributed by atoms with E-state index >= 15 is 0 Å². The number of sulfonamides is 1. The van der Waals surface area contributed by atoms with Crippen molar-refractivity contribution in [1.82, 2.24) is 9.21 Å². The summed E-state index contributed by atoms with van der Waals surface area (Å²) in [4.78, 5) is 16.7. The summed E-state index contributed by atoms with van der Waals surface area (Å²) in [6.07, 6.45) is 0.362. The first kappa shape index (κ1) is 23.1. The Morgan fingerprint density at radius 3 is 2.16 bits per heavy atom. The lowest BCUT2D eigenvalue weighted by Crippen LogP contribution is -2.49. The first-order valence-electron chi connectivity index (χ1n) is 10.2. The molecule has 1 amide bonds. The molecule has 0 saturated carbocycles. The SMILES string of the molecule is COc1ccc(S(=O)(=O)N2CCN(CCC(=O)Nc3ccc(N(C)C)cc3)CC2)cc1. The van der Waals surface area contributed by atoms with E-state index in [9.17, 15) is 13.2 Å². The fourth-order valence-corrected chi connectivity index (χ4v) is 4.84. The minimum absolute atomic E-state index is 0.0501. The van der Waals surface area contributed by atoms with Crippen LogP contribution in [0, 0.1) is 0 Å². The molecule has 0 aromatic heterocycles. The van der Waals surface area contributed by atoms with Crippen LogP contribution in [0.5, 0.6) is 5.75 Å². The van der Waals surface area contributed by atoms with Gasteiger partial charge in [-0.3, -0.25) is 4.79 Å². The van der Waals surface area contributed by atoms with E-state index in [1.54, 1.807) is 31.4 Å². The van der Waals surface area contributed by atoms with Gasteiger partial charge in [-0.1, -0.05) is 0 Å². The second-order valence-corrected chi connectivity index (χ2v) is 9.60. The molecular formula is C22H30N4O4S. The number of amides is 1. The summed E-state index contributed by atoms with van der Waals surface area (Å²) >= 11 is 0. The third kappa shape index (κ3) is 5.96. The molecular weight excluding hydrogens is 416 g/mol. The normalized spacial score (nSPS) is 15.5. The molecule has 2 aromatic rings. The van der Waals surface area contributed by atoms with Crippen molar-refractivity contribution in [3.8, 4) is 5.75 Å². The molecule has 8 nitrogen and oxygen atoms in total. The first-order chi connectivity index (χ1) is 14.8. The van der Waals surface area contributed by atoms with Gasteiger partial charge >= 0.3 is 0 Å². The maximum atomic E-state index is 12.8. The van der Waals surface area contributed by atoms with Crippen LogP contribution in [0.3, 0.4) is 0 Å². The van der Waals surface area contributed by atoms with Gasteiger partial charge in [-0.05, 0) is 48.5 Å². The number of piperazine rings is 1. The zero-order chi connectivity index (χ0) is 22.4. The largest absolute Gasteiger partial charge is 0.497 e. The Balaban J connectivity index is 1.45. The Bertz CT molecular complexity index is 968. The second kappa shape index (κ2) is 10.1. The summed E-state index contributed by atoms with van der Waals surface area (Å²) in [5.41, 5.74) is 1.84. The van der Waals surface area contributed by atoms with Gasteiger partial charge in [-0.2, -0.15) is 4.31 Å². The summed E-state index contributed by atoms with van der Waals surface area (Å²) in [7, 11) is 1.96. The summed E-state index contributed by atoms with van der Waals surface area (Å²) in [6.45, 7) is 2.60. The third-order valence-electron chi connectivity index (χ3n) is 5.35. The molecule has 31 heavy (non-hydrogen) atoms. The number of ether oxygens (including phenoxy) is 1. The molecule has 1 saturated heterocycles. The van der Waals surface area contributed by atoms with Crippen molar-refractivity contribution in [2.75, 3.05) is 64.1 Å². The summed E-state index contributed by atoms with van der Waals surface area (Å²) in [5.74, 6) is 0.571. The molecule has 3 rings (SSSR count). The molecule has 0 spiro atoms. The smallest absolute Gasteiger partial charge is 0.243 e. The van der Waals surface area contributed by atoms with E-state index in [1.807, 2.05) is 43.3 Å². The van der Waals surface area contributed by atoms with E-state index in [0.29, 0.717) is 44.9 Å². The van der Waals surface area contributed by atoms with Gasteiger partial charge in [-0.25, -0.2) is 8.42 Å². The quantitative estimate of drug-likeness (QED) is 0.669. The summed E-state index contributed by atoms with van der Waals surface area (Å²) in [5, 5.41) is 2.91. The van der Waals surface area contributed by atoms with Crippen molar-refractivity contribution in [3.05, 3.63) is 48.5 Å². The van der Waals surface area contributed by atoms with Crippen molar-refractivity contribution in [2.24, 2.45) is 0 Å². The van der Waals surface area contributed by atoms with E-state index < -0.39 is 10.0 Å². The van der Waals surface area contributed by atoms with Crippen LogP contribution < -0.4 is 15.0 Å². The molecule has 1 aliphatic heterocycles. The predicted octanol–water partition coefficient (Wildman–Crippen LogP) is 2.10. The van der Waals surface area contributed by atoms with Crippen molar-refractivity contribution in [1.29, 1.82) is 0 Å². The number of nitrogens with zero attached hydrogens (tertiary/aromatic N) is 3. The highest BCUT2D eigenvalue weighted by atomic mass is 32.2. The number of benzene rings is 2. The van der Waals surface area contributed by atoms with Crippen LogP contribution in [0.15, 0.2) is 53.4 Å². The standard InChI is InChI=1S/C22H30N4O4S/c1-24(2)19-6-4-18(5-7-19)23-22(27)12-13-25-14-16-26(17-15-25)31(28,29)21-10-8-20(30-3)9-11-21/h4-11H,12-17H2,1-3H3,(H,23,27). The van der Waals surface area contributed by atoms with Crippen LogP contribution >= 0.6 is 0 Å². The Hall–Kier alpha value is -2.62. The van der Waals surface area contributed by atoms with Gasteiger partial charge in [0.05, 0.1) is 12.0 Å². The Morgan fingerprint density at radius 1 is 1.00 bits per heavy atom. The van der Waals surface area contributed by atoms with Gasteiger partial charge in [0.15, 0.2) is 0 Å². The molecule has 1 N–H and O–H groups in total. The highest BCUT2D eigenvalue weighted by Gasteiger charge is 2.28. The number of methoxy groups -OCH3 is 1. The summed E-state index contributed by atoms with van der Waals surface area (Å²) in [6, 6.07) is 14.1. The van der Waals surface area contributed by atoms with Crippen LogP contribution in [0.2, 0.25) is 0 Å². The number of rotatable bonds is 8. The zero-order valence-electron chi connectivity index (χ0n) is 18.2. The lowest BCUT2D eigenvalue weighted by Gasteiger charge is -2.33. The van der Waals surface area contributed by atoms with Gasteiger partial charge in [-0.15, -0.1) is 0 Å². The molecule has 1 heterocycles. The summed E-state index contributed by atoms with van der Waals surface area (Å²) < 4.78 is 32.2. The maximum absolute atomic E-state index is 12.8. The Kier molecular flexibility index (Phi) is 7.53. The van der Waals surface area contributed by atoms with E-state index in [-0.39, 0.29) is 10.8 Å². The highest BCUT2D eigenvalue weighted by molar-refractivity contribution is 7.89. The van der Waals surface area contributed by atoms with Gasteiger partial charge in [0.1, 0.15) is 5.75 Å². The molecule has 1 fully saturated rings. The van der Waals surface area contributed by atoms with Gasteiger partial charge in [0.2, 0.25) is 15.9 Å². The number of nitrogens with one attached hydrogen (secondary N) is 1. The van der Waals surface area contributed by atoms with Crippen LogP contribution in [-0.4, -0.2) is 77.5 Å². The van der Waals surface area contributed by atoms with Gasteiger partial charge < -0.3 is 19.9 Å². The van der Waals surface area contributed by atoms with Gasteiger partial charge in [0.25, 0.3) is 0 Å². The van der Waals surface area contributed by atoms with E-state index in [1.165, 1.54) is 4.31 Å². The lowest BCUT2D eigenvalue weighted by molar-refractivity contribution is -0.116. The first-order valence-corrected chi connectivity index (χ1v) is 11.7. The number of anilines is 2.